The van der Waals surface area contributed by atoms with Crippen LogP contribution in [0.3, 0.4) is 0 Å². The second-order valence-corrected chi connectivity index (χ2v) is 8.66. The average Bonchev–Trinajstić information content (AvgIpc) is 3.13. The lowest BCUT2D eigenvalue weighted by molar-refractivity contribution is -0.136. The van der Waals surface area contributed by atoms with Crippen molar-refractivity contribution in [1.29, 1.82) is 0 Å². The largest absolute Gasteiger partial charge is 0.368 e. The average molecular weight is 406 g/mol. The van der Waals surface area contributed by atoms with Gasteiger partial charge in [-0.05, 0) is 62.1 Å². The number of carbonyl (C=O) groups is 2. The zero-order valence-electron chi connectivity index (χ0n) is 18.4. The molecular formula is C25H31N3O2. The third kappa shape index (κ3) is 3.69. The van der Waals surface area contributed by atoms with Crippen molar-refractivity contribution in [2.24, 2.45) is 5.92 Å². The van der Waals surface area contributed by atoms with Gasteiger partial charge < -0.3 is 14.7 Å². The molecule has 0 saturated carbocycles. The Labute approximate surface area is 179 Å². The molecule has 2 amide bonds. The van der Waals surface area contributed by atoms with Crippen molar-refractivity contribution in [3.05, 3.63) is 58.7 Å². The number of aryl methyl sites for hydroxylation is 2. The van der Waals surface area contributed by atoms with E-state index in [4.69, 9.17) is 0 Å². The molecule has 158 valence electrons. The fourth-order valence-electron chi connectivity index (χ4n) is 4.64. The maximum atomic E-state index is 13.2. The predicted octanol–water partition coefficient (Wildman–Crippen LogP) is 3.62. The zero-order valence-corrected chi connectivity index (χ0v) is 18.4. The van der Waals surface area contributed by atoms with Crippen molar-refractivity contribution in [2.75, 3.05) is 42.5 Å². The van der Waals surface area contributed by atoms with Crippen LogP contribution in [-0.4, -0.2) is 49.4 Å². The summed E-state index contributed by atoms with van der Waals surface area (Å²) in [6.07, 6.45) is 0.309. The van der Waals surface area contributed by atoms with E-state index in [2.05, 4.69) is 49.9 Å². The minimum absolute atomic E-state index is 0.0519. The molecule has 2 saturated heterocycles. The van der Waals surface area contributed by atoms with E-state index in [-0.39, 0.29) is 17.7 Å². The summed E-state index contributed by atoms with van der Waals surface area (Å²) >= 11 is 0. The molecule has 0 aliphatic carbocycles. The molecule has 0 radical (unpaired) electrons. The van der Waals surface area contributed by atoms with Gasteiger partial charge in [0.05, 0.1) is 5.92 Å². The molecule has 0 bridgehead atoms. The lowest BCUT2D eigenvalue weighted by Gasteiger charge is -2.38. The van der Waals surface area contributed by atoms with E-state index in [9.17, 15) is 9.59 Å². The van der Waals surface area contributed by atoms with Gasteiger partial charge in [-0.2, -0.15) is 0 Å². The lowest BCUT2D eigenvalue weighted by Crippen LogP contribution is -2.51. The van der Waals surface area contributed by atoms with Crippen molar-refractivity contribution in [1.82, 2.24) is 4.90 Å². The molecule has 1 atom stereocenters. The van der Waals surface area contributed by atoms with Gasteiger partial charge in [0.25, 0.3) is 0 Å². The number of rotatable bonds is 3. The van der Waals surface area contributed by atoms with Gasteiger partial charge in [-0.3, -0.25) is 9.59 Å². The molecular weight excluding hydrogens is 374 g/mol. The molecule has 2 heterocycles. The molecule has 0 N–H and O–H groups in total. The zero-order chi connectivity index (χ0) is 21.4. The van der Waals surface area contributed by atoms with Crippen LogP contribution in [0.5, 0.6) is 0 Å². The standard InChI is InChI=1S/C25H31N3O2/c1-17-7-5-9-22(19(17)3)26-11-13-27(14-12-26)25(30)21-15-24(29)28(16-21)23-10-6-8-18(2)20(23)4/h5-10,21H,11-16H2,1-4H3. The van der Waals surface area contributed by atoms with Crippen LogP contribution in [0.25, 0.3) is 0 Å². The molecule has 5 heteroatoms. The first-order chi connectivity index (χ1) is 14.4. The van der Waals surface area contributed by atoms with E-state index in [1.807, 2.05) is 24.0 Å². The van der Waals surface area contributed by atoms with Crippen LogP contribution in [0.15, 0.2) is 36.4 Å². The lowest BCUT2D eigenvalue weighted by atomic mass is 10.0. The fourth-order valence-corrected chi connectivity index (χ4v) is 4.64. The third-order valence-electron chi connectivity index (χ3n) is 6.85. The van der Waals surface area contributed by atoms with E-state index in [1.54, 1.807) is 4.90 Å². The first kappa shape index (κ1) is 20.5. The summed E-state index contributed by atoms with van der Waals surface area (Å²) in [6, 6.07) is 12.4. The number of carbonyl (C=O) groups excluding carboxylic acids is 2. The number of anilines is 2. The molecule has 30 heavy (non-hydrogen) atoms. The summed E-state index contributed by atoms with van der Waals surface area (Å²) in [5.74, 6) is -0.0718. The van der Waals surface area contributed by atoms with Crippen molar-refractivity contribution >= 4 is 23.2 Å². The highest BCUT2D eigenvalue weighted by Gasteiger charge is 2.38. The minimum atomic E-state index is -0.246. The van der Waals surface area contributed by atoms with Crippen LogP contribution >= 0.6 is 0 Å². The fraction of sp³-hybridized carbons (Fsp3) is 0.440. The first-order valence-electron chi connectivity index (χ1n) is 10.8. The Bertz CT molecular complexity index is 976. The van der Waals surface area contributed by atoms with Crippen LogP contribution in [-0.2, 0) is 9.59 Å². The van der Waals surface area contributed by atoms with E-state index >= 15 is 0 Å². The number of benzene rings is 2. The molecule has 4 rings (SSSR count). The summed E-state index contributed by atoms with van der Waals surface area (Å²) < 4.78 is 0. The Kier molecular flexibility index (Phi) is 5.54. The Hall–Kier alpha value is -2.82. The number of hydrogen-bond acceptors (Lipinski definition) is 3. The Morgan fingerprint density at radius 1 is 0.833 bits per heavy atom. The quantitative estimate of drug-likeness (QED) is 0.783. The van der Waals surface area contributed by atoms with Crippen LogP contribution in [0, 0.1) is 33.6 Å². The number of nitrogens with zero attached hydrogens (tertiary/aromatic N) is 3. The highest BCUT2D eigenvalue weighted by molar-refractivity contribution is 6.01. The van der Waals surface area contributed by atoms with Gasteiger partial charge >= 0.3 is 0 Å². The maximum Gasteiger partial charge on any atom is 0.228 e. The Balaban J connectivity index is 1.41. The van der Waals surface area contributed by atoms with Gasteiger partial charge in [-0.1, -0.05) is 24.3 Å². The monoisotopic (exact) mass is 405 g/mol. The molecule has 5 nitrogen and oxygen atoms in total. The number of amides is 2. The molecule has 2 aliphatic rings. The van der Waals surface area contributed by atoms with Gasteiger partial charge in [0.15, 0.2) is 0 Å². The summed E-state index contributed by atoms with van der Waals surface area (Å²) in [5.41, 5.74) is 7.08. The topological polar surface area (TPSA) is 43.9 Å². The third-order valence-corrected chi connectivity index (χ3v) is 6.85. The van der Waals surface area contributed by atoms with Crippen molar-refractivity contribution in [3.8, 4) is 0 Å². The van der Waals surface area contributed by atoms with E-state index in [0.717, 1.165) is 29.9 Å². The SMILES string of the molecule is Cc1cccc(N2CCN(C(=O)C3CC(=O)N(c4cccc(C)c4C)C3)CC2)c1C. The highest BCUT2D eigenvalue weighted by Crippen LogP contribution is 2.31. The predicted molar refractivity (Wildman–Crippen MR) is 121 cm³/mol. The maximum absolute atomic E-state index is 13.2. The molecule has 2 aromatic rings. The second kappa shape index (κ2) is 8.13. The van der Waals surface area contributed by atoms with Gasteiger partial charge in [-0.25, -0.2) is 0 Å². The van der Waals surface area contributed by atoms with Gasteiger partial charge in [0.2, 0.25) is 11.8 Å². The van der Waals surface area contributed by atoms with Crippen molar-refractivity contribution in [3.63, 3.8) is 0 Å². The normalized spacial score (nSPS) is 19.5. The smallest absolute Gasteiger partial charge is 0.228 e. The number of piperazine rings is 1. The molecule has 2 aromatic carbocycles. The van der Waals surface area contributed by atoms with Crippen molar-refractivity contribution < 1.29 is 9.59 Å². The Morgan fingerprint density at radius 2 is 1.40 bits per heavy atom. The van der Waals surface area contributed by atoms with E-state index in [1.165, 1.54) is 16.8 Å². The molecule has 0 aromatic heterocycles. The van der Waals surface area contributed by atoms with E-state index < -0.39 is 0 Å². The molecule has 2 aliphatic heterocycles. The van der Waals surface area contributed by atoms with E-state index in [0.29, 0.717) is 26.1 Å². The summed E-state index contributed by atoms with van der Waals surface area (Å²) in [7, 11) is 0. The molecule has 2 fully saturated rings. The van der Waals surface area contributed by atoms with Crippen LogP contribution in [0.4, 0.5) is 11.4 Å². The highest BCUT2D eigenvalue weighted by atomic mass is 16.2. The summed E-state index contributed by atoms with van der Waals surface area (Å²) in [5, 5.41) is 0. The van der Waals surface area contributed by atoms with Crippen molar-refractivity contribution in [2.45, 2.75) is 34.1 Å². The second-order valence-electron chi connectivity index (χ2n) is 8.66. The van der Waals surface area contributed by atoms with Crippen LogP contribution in [0.2, 0.25) is 0 Å². The number of hydrogen-bond donors (Lipinski definition) is 0. The molecule has 1 unspecified atom stereocenters. The Morgan fingerprint density at radius 3 is 2.03 bits per heavy atom. The summed E-state index contributed by atoms with van der Waals surface area (Å²) in [6.45, 7) is 12.0. The summed E-state index contributed by atoms with van der Waals surface area (Å²) in [4.78, 5) is 32.0. The van der Waals surface area contributed by atoms with Gasteiger partial charge in [-0.15, -0.1) is 0 Å². The van der Waals surface area contributed by atoms with Crippen LogP contribution in [0.1, 0.15) is 28.7 Å². The minimum Gasteiger partial charge on any atom is -0.368 e. The van der Waals surface area contributed by atoms with Gasteiger partial charge in [0.1, 0.15) is 0 Å². The van der Waals surface area contributed by atoms with Crippen LogP contribution < -0.4 is 9.80 Å². The first-order valence-corrected chi connectivity index (χ1v) is 10.8. The van der Waals surface area contributed by atoms with Gasteiger partial charge in [0, 0.05) is 50.5 Å². The molecule has 0 spiro atoms.